The number of methoxy groups -OCH3 is 1. The van der Waals surface area contributed by atoms with Gasteiger partial charge in [-0.25, -0.2) is 4.79 Å². The van der Waals surface area contributed by atoms with Crippen molar-refractivity contribution in [1.29, 1.82) is 0 Å². The fraction of sp³-hybridized carbons (Fsp3) is 0.724. The van der Waals surface area contributed by atoms with Crippen LogP contribution in [0.3, 0.4) is 0 Å². The van der Waals surface area contributed by atoms with E-state index in [0.717, 1.165) is 17.4 Å². The van der Waals surface area contributed by atoms with Crippen LogP contribution < -0.4 is 5.32 Å². The summed E-state index contributed by atoms with van der Waals surface area (Å²) in [6.45, 7) is 18.8. The Kier molecular flexibility index (Phi) is 9.29. The van der Waals surface area contributed by atoms with Gasteiger partial charge < -0.3 is 37.9 Å². The molecule has 0 fully saturated rings. The minimum atomic E-state index is -2.17. The van der Waals surface area contributed by atoms with Crippen LogP contribution in [0.1, 0.15) is 78.7 Å². The molecule has 0 aromatic carbocycles. The lowest BCUT2D eigenvalue weighted by atomic mass is 9.59. The summed E-state index contributed by atoms with van der Waals surface area (Å²) in [7, 11) is -0.599. The molecule has 3 rings (SSSR count). The van der Waals surface area contributed by atoms with Crippen molar-refractivity contribution < 1.29 is 37.4 Å². The van der Waals surface area contributed by atoms with E-state index in [2.05, 4.69) is 52.2 Å². The Morgan fingerprint density at radius 3 is 2.54 bits per heavy atom. The van der Waals surface area contributed by atoms with Crippen molar-refractivity contribution in [2.45, 2.75) is 103 Å². The van der Waals surface area contributed by atoms with Crippen molar-refractivity contribution >= 4 is 20.7 Å². The summed E-state index contributed by atoms with van der Waals surface area (Å²) >= 11 is 0. The Morgan fingerprint density at radius 1 is 1.26 bits per heavy atom. The summed E-state index contributed by atoms with van der Waals surface area (Å²) in [5.41, 5.74) is -0.641. The summed E-state index contributed by atoms with van der Waals surface area (Å²) in [5, 5.41) is 3.02. The Bertz CT molecular complexity index is 1050. The number of aldehydes is 1. The number of furan rings is 1. The van der Waals surface area contributed by atoms with Crippen LogP contribution in [0.25, 0.3) is 0 Å². The highest BCUT2D eigenvalue weighted by Crippen LogP contribution is 2.64. The monoisotopic (exact) mass is 565 g/mol. The van der Waals surface area contributed by atoms with Gasteiger partial charge in [0.15, 0.2) is 8.32 Å². The zero-order valence-corrected chi connectivity index (χ0v) is 26.3. The van der Waals surface area contributed by atoms with E-state index in [9.17, 15) is 9.59 Å². The van der Waals surface area contributed by atoms with E-state index in [1.54, 1.807) is 13.4 Å². The molecule has 220 valence electrons. The van der Waals surface area contributed by atoms with Crippen molar-refractivity contribution in [1.82, 2.24) is 5.32 Å². The van der Waals surface area contributed by atoms with Gasteiger partial charge in [0.1, 0.15) is 42.8 Å². The number of carbonyl (C=O) groups excluding carboxylic acids is 2. The van der Waals surface area contributed by atoms with E-state index in [-0.39, 0.29) is 31.1 Å². The number of nitrogens with one attached hydrogen (secondary N) is 1. The Hall–Kier alpha value is -1.98. The smallest absolute Gasteiger partial charge is 0.407 e. The molecule has 2 aliphatic carbocycles. The SMILES string of the molecule is COCO[C@@H]1C[C@]2(CNC(=O)OC(C)(C)C)C([C@@H](C)O[Si](C)(C)C(C)(C)C)=CC[C@]2(OCC=O)c2ccoc21. The molecule has 0 bridgehead atoms. The van der Waals surface area contributed by atoms with Crippen molar-refractivity contribution in [3.05, 3.63) is 35.3 Å². The molecule has 39 heavy (non-hydrogen) atoms. The van der Waals surface area contributed by atoms with Crippen molar-refractivity contribution in [3.8, 4) is 0 Å². The normalized spacial score (nSPS) is 25.9. The lowest BCUT2D eigenvalue weighted by molar-refractivity contribution is -0.169. The Morgan fingerprint density at radius 2 is 1.95 bits per heavy atom. The van der Waals surface area contributed by atoms with Crippen LogP contribution in [0.2, 0.25) is 18.1 Å². The topological polar surface area (TPSA) is 105 Å². The molecule has 1 heterocycles. The van der Waals surface area contributed by atoms with E-state index in [1.807, 2.05) is 26.8 Å². The second-order valence-electron chi connectivity index (χ2n) is 13.1. The van der Waals surface area contributed by atoms with Gasteiger partial charge in [0, 0.05) is 31.1 Å². The number of fused-ring (bicyclic) bond motifs is 3. The van der Waals surface area contributed by atoms with Crippen molar-refractivity contribution in [2.24, 2.45) is 5.41 Å². The third-order valence-corrected chi connectivity index (χ3v) is 12.9. The average Bonchev–Trinajstić information content (AvgIpc) is 3.42. The fourth-order valence-corrected chi connectivity index (χ4v) is 7.03. The number of rotatable bonds is 11. The Balaban J connectivity index is 2.14. The number of alkyl carbamates (subject to hydrolysis) is 1. The first-order valence-corrected chi connectivity index (χ1v) is 16.6. The second kappa shape index (κ2) is 11.5. The first kappa shape index (κ1) is 31.5. The maximum absolute atomic E-state index is 12.9. The summed E-state index contributed by atoms with van der Waals surface area (Å²) in [5.74, 6) is 0.637. The minimum absolute atomic E-state index is 0.00185. The molecule has 9 nitrogen and oxygen atoms in total. The average molecular weight is 566 g/mol. The molecular weight excluding hydrogens is 518 g/mol. The van der Waals surface area contributed by atoms with Crippen molar-refractivity contribution in [3.63, 3.8) is 0 Å². The number of hydrogen-bond acceptors (Lipinski definition) is 8. The zero-order chi connectivity index (χ0) is 29.3. The molecule has 10 heteroatoms. The molecule has 1 amide bonds. The summed E-state index contributed by atoms with van der Waals surface area (Å²) in [6, 6.07) is 1.88. The molecule has 0 aliphatic heterocycles. The minimum Gasteiger partial charge on any atom is -0.466 e. The lowest BCUT2D eigenvalue weighted by Crippen LogP contribution is -2.57. The summed E-state index contributed by atoms with van der Waals surface area (Å²) in [6.07, 6.45) is 4.15. The van der Waals surface area contributed by atoms with Gasteiger partial charge in [-0.05, 0) is 63.9 Å². The third-order valence-electron chi connectivity index (χ3n) is 8.33. The predicted octanol–water partition coefficient (Wildman–Crippen LogP) is 6.01. The molecule has 0 unspecified atom stereocenters. The molecule has 1 N–H and O–H groups in total. The number of carbonyl (C=O) groups is 2. The maximum atomic E-state index is 12.9. The van der Waals surface area contributed by atoms with Crippen LogP contribution in [-0.4, -0.2) is 59.5 Å². The first-order chi connectivity index (χ1) is 18.0. The highest BCUT2D eigenvalue weighted by molar-refractivity contribution is 6.74. The van der Waals surface area contributed by atoms with Crippen LogP contribution in [0.15, 0.2) is 28.4 Å². The van der Waals surface area contributed by atoms with E-state index in [0.29, 0.717) is 18.6 Å². The summed E-state index contributed by atoms with van der Waals surface area (Å²) in [4.78, 5) is 24.6. The van der Waals surface area contributed by atoms with Crippen LogP contribution in [-0.2, 0) is 33.8 Å². The number of amides is 1. The molecular formula is C29H47NO8Si. The number of hydrogen-bond donors (Lipinski definition) is 1. The molecule has 1 aromatic heterocycles. The first-order valence-electron chi connectivity index (χ1n) is 13.6. The van der Waals surface area contributed by atoms with Crippen LogP contribution >= 0.6 is 0 Å². The van der Waals surface area contributed by atoms with Gasteiger partial charge in [0.25, 0.3) is 0 Å². The van der Waals surface area contributed by atoms with Crippen molar-refractivity contribution in [2.75, 3.05) is 27.1 Å². The maximum Gasteiger partial charge on any atom is 0.407 e. The molecule has 1 aromatic rings. The molecule has 0 spiro atoms. The zero-order valence-electron chi connectivity index (χ0n) is 25.3. The largest absolute Gasteiger partial charge is 0.466 e. The van der Waals surface area contributed by atoms with Gasteiger partial charge in [0.05, 0.1) is 12.4 Å². The highest BCUT2D eigenvalue weighted by atomic mass is 28.4. The number of ether oxygens (including phenoxy) is 4. The van der Waals surface area contributed by atoms with Gasteiger partial charge in [-0.1, -0.05) is 26.8 Å². The molecule has 0 saturated carbocycles. The Labute approximate surface area is 234 Å². The van der Waals surface area contributed by atoms with E-state index in [1.165, 1.54) is 0 Å². The standard InChI is InChI=1S/C29H47NO8Si/c1-20(38-39(9,10)27(5,6)7)21-11-13-29(36-16-14-31)22-12-15-34-24(22)23(35-19-33-8)17-28(21,29)18-30-25(32)37-26(2,3)4/h11-12,14-15,20,23H,13,16-19H2,1-10H3,(H,30,32)/t20-,23-,28+,29+/m1/s1. The van der Waals surface area contributed by atoms with Crippen LogP contribution in [0.5, 0.6) is 0 Å². The quantitative estimate of drug-likeness (QED) is 0.151. The molecule has 0 radical (unpaired) electrons. The predicted molar refractivity (Wildman–Crippen MR) is 150 cm³/mol. The van der Waals surface area contributed by atoms with Gasteiger partial charge in [-0.15, -0.1) is 0 Å². The fourth-order valence-electron chi connectivity index (χ4n) is 5.67. The molecule has 0 saturated heterocycles. The lowest BCUT2D eigenvalue weighted by Gasteiger charge is -2.53. The van der Waals surface area contributed by atoms with Gasteiger partial charge >= 0.3 is 6.09 Å². The molecule has 2 aliphatic rings. The van der Waals surface area contributed by atoms with Gasteiger partial charge in [-0.3, -0.25) is 0 Å². The third kappa shape index (κ3) is 6.20. The van der Waals surface area contributed by atoms with Gasteiger partial charge in [-0.2, -0.15) is 0 Å². The van der Waals surface area contributed by atoms with E-state index in [4.69, 9.17) is 27.8 Å². The summed E-state index contributed by atoms with van der Waals surface area (Å²) < 4.78 is 36.3. The molecule has 4 atom stereocenters. The van der Waals surface area contributed by atoms with E-state index >= 15 is 0 Å². The van der Waals surface area contributed by atoms with Gasteiger partial charge in [0.2, 0.25) is 0 Å². The van der Waals surface area contributed by atoms with Crippen LogP contribution in [0.4, 0.5) is 4.79 Å². The second-order valence-corrected chi connectivity index (χ2v) is 17.8. The van der Waals surface area contributed by atoms with Crippen LogP contribution in [0, 0.1) is 5.41 Å². The van der Waals surface area contributed by atoms with E-state index < -0.39 is 37.1 Å². The highest BCUT2D eigenvalue weighted by Gasteiger charge is 2.65.